The number of hydrogen-bond donors (Lipinski definition) is 2. The lowest BCUT2D eigenvalue weighted by Gasteiger charge is -2.40. The summed E-state index contributed by atoms with van der Waals surface area (Å²) in [5.74, 6) is -1.86. The van der Waals surface area contributed by atoms with Crippen LogP contribution < -0.4 is 5.32 Å². The molecule has 2 amide bonds. The predicted octanol–water partition coefficient (Wildman–Crippen LogP) is 2.54. The van der Waals surface area contributed by atoms with Gasteiger partial charge in [0.1, 0.15) is 12.1 Å². The normalized spacial score (nSPS) is 24.5. The summed E-state index contributed by atoms with van der Waals surface area (Å²) < 4.78 is 0. The number of carbonyl (C=O) groups excluding carboxylic acids is 3. The van der Waals surface area contributed by atoms with E-state index in [1.807, 2.05) is 38.1 Å². The lowest BCUT2D eigenvalue weighted by Crippen LogP contribution is -2.56. The van der Waals surface area contributed by atoms with Gasteiger partial charge in [0.15, 0.2) is 5.12 Å². The number of fused-ring (bicyclic) bond motifs is 3. The van der Waals surface area contributed by atoms with E-state index in [2.05, 4.69) is 5.32 Å². The second kappa shape index (κ2) is 9.20. The maximum absolute atomic E-state index is 13.5. The van der Waals surface area contributed by atoms with E-state index in [4.69, 9.17) is 0 Å². The third-order valence-corrected chi connectivity index (χ3v) is 7.12. The van der Waals surface area contributed by atoms with E-state index in [0.29, 0.717) is 19.3 Å². The lowest BCUT2D eigenvalue weighted by atomic mass is 9.89. The van der Waals surface area contributed by atoms with Crippen molar-refractivity contribution >= 4 is 34.7 Å². The van der Waals surface area contributed by atoms with Gasteiger partial charge in [0.2, 0.25) is 11.8 Å². The van der Waals surface area contributed by atoms with Crippen LogP contribution in [0.2, 0.25) is 0 Å². The molecule has 2 heterocycles. The van der Waals surface area contributed by atoms with Gasteiger partial charge in [0.25, 0.3) is 0 Å². The predicted molar refractivity (Wildman–Crippen MR) is 114 cm³/mol. The number of piperidine rings is 1. The number of amides is 2. The van der Waals surface area contributed by atoms with Gasteiger partial charge in [-0.05, 0) is 36.3 Å². The van der Waals surface area contributed by atoms with Crippen LogP contribution in [0.25, 0.3) is 0 Å². The molecule has 1 saturated heterocycles. The highest BCUT2D eigenvalue weighted by Gasteiger charge is 2.45. The van der Waals surface area contributed by atoms with Crippen molar-refractivity contribution in [3.8, 4) is 0 Å². The van der Waals surface area contributed by atoms with Crippen LogP contribution in [0.5, 0.6) is 0 Å². The Balaban J connectivity index is 1.95. The average Bonchev–Trinajstić information content (AvgIpc) is 2.81. The molecule has 4 unspecified atom stereocenters. The smallest absolute Gasteiger partial charge is 0.326 e. The van der Waals surface area contributed by atoms with Crippen molar-refractivity contribution < 1.29 is 24.3 Å². The van der Waals surface area contributed by atoms with Gasteiger partial charge in [-0.3, -0.25) is 14.4 Å². The van der Waals surface area contributed by atoms with Gasteiger partial charge < -0.3 is 15.3 Å². The first kappa shape index (κ1) is 22.3. The largest absolute Gasteiger partial charge is 0.480 e. The van der Waals surface area contributed by atoms with E-state index >= 15 is 0 Å². The molecular weight excluding hydrogens is 404 g/mol. The van der Waals surface area contributed by atoms with E-state index in [9.17, 15) is 24.3 Å². The van der Waals surface area contributed by atoms with Gasteiger partial charge in [-0.2, -0.15) is 0 Å². The van der Waals surface area contributed by atoms with Crippen molar-refractivity contribution in [3.05, 3.63) is 35.4 Å². The molecule has 1 aromatic rings. The second-order valence-electron chi connectivity index (χ2n) is 8.28. The third kappa shape index (κ3) is 4.53. The van der Waals surface area contributed by atoms with Crippen LogP contribution in [0.1, 0.15) is 57.2 Å². The summed E-state index contributed by atoms with van der Waals surface area (Å²) in [6, 6.07) is 5.57. The molecule has 0 bridgehead atoms. The summed E-state index contributed by atoms with van der Waals surface area (Å²) >= 11 is 0.955. The molecule has 2 aliphatic rings. The van der Waals surface area contributed by atoms with Crippen molar-refractivity contribution in [2.45, 2.75) is 69.8 Å². The van der Waals surface area contributed by atoms with Crippen LogP contribution in [0.4, 0.5) is 0 Å². The van der Waals surface area contributed by atoms with Gasteiger partial charge in [-0.1, -0.05) is 49.9 Å². The summed E-state index contributed by atoms with van der Waals surface area (Å²) in [6.45, 7) is 5.12. The van der Waals surface area contributed by atoms with E-state index < -0.39 is 23.3 Å². The highest BCUT2D eigenvalue weighted by atomic mass is 32.2. The molecular formula is C22H28N2O5S. The van der Waals surface area contributed by atoms with Crippen LogP contribution >= 0.6 is 11.8 Å². The Morgan fingerprint density at radius 3 is 2.53 bits per heavy atom. The van der Waals surface area contributed by atoms with Crippen molar-refractivity contribution in [1.82, 2.24) is 10.2 Å². The number of thioether (sulfide) groups is 1. The standard InChI is InChI=1S/C22H28N2O5S/c1-12(2)19(30-13(3)25)20(26)23-16-11-14-7-4-5-8-15(14)17-9-6-10-18(22(28)29)24(17)21(16)27/h4-5,7-8,12,16-19H,6,9-11H2,1-3H3,(H,23,26)(H,28,29). The Morgan fingerprint density at radius 1 is 1.20 bits per heavy atom. The molecule has 7 nitrogen and oxygen atoms in total. The first-order valence-electron chi connectivity index (χ1n) is 10.3. The monoisotopic (exact) mass is 432 g/mol. The number of carbonyl (C=O) groups is 4. The summed E-state index contributed by atoms with van der Waals surface area (Å²) in [6.07, 6.45) is 2.12. The molecule has 1 aromatic carbocycles. The van der Waals surface area contributed by atoms with Crippen molar-refractivity contribution in [2.24, 2.45) is 5.92 Å². The van der Waals surface area contributed by atoms with E-state index in [0.717, 1.165) is 29.3 Å². The third-order valence-electron chi connectivity index (χ3n) is 5.78. The fourth-order valence-electron chi connectivity index (χ4n) is 4.43. The van der Waals surface area contributed by atoms with Crippen molar-refractivity contribution in [1.29, 1.82) is 0 Å². The number of hydrogen-bond acceptors (Lipinski definition) is 5. The Bertz CT molecular complexity index is 856. The molecule has 0 saturated carbocycles. The molecule has 0 radical (unpaired) electrons. The lowest BCUT2D eigenvalue weighted by molar-refractivity contribution is -0.156. The van der Waals surface area contributed by atoms with E-state index in [1.165, 1.54) is 11.8 Å². The molecule has 0 aromatic heterocycles. The highest BCUT2D eigenvalue weighted by molar-refractivity contribution is 8.14. The molecule has 2 aliphatic heterocycles. The number of nitrogens with one attached hydrogen (secondary N) is 1. The zero-order valence-electron chi connectivity index (χ0n) is 17.5. The molecule has 30 heavy (non-hydrogen) atoms. The molecule has 4 atom stereocenters. The highest BCUT2D eigenvalue weighted by Crippen LogP contribution is 2.39. The minimum absolute atomic E-state index is 0.0958. The van der Waals surface area contributed by atoms with Gasteiger partial charge in [0.05, 0.1) is 11.3 Å². The van der Waals surface area contributed by atoms with Crippen LogP contribution in [0.15, 0.2) is 24.3 Å². The van der Waals surface area contributed by atoms with Crippen LogP contribution in [-0.2, 0) is 25.6 Å². The van der Waals surface area contributed by atoms with Gasteiger partial charge in [0, 0.05) is 13.3 Å². The number of rotatable bonds is 5. The topological polar surface area (TPSA) is 104 Å². The summed E-state index contributed by atoms with van der Waals surface area (Å²) in [7, 11) is 0. The fourth-order valence-corrected chi connectivity index (χ4v) is 5.23. The number of nitrogens with zero attached hydrogens (tertiary/aromatic N) is 1. The maximum Gasteiger partial charge on any atom is 0.326 e. The van der Waals surface area contributed by atoms with Crippen molar-refractivity contribution in [2.75, 3.05) is 0 Å². The second-order valence-corrected chi connectivity index (χ2v) is 9.60. The zero-order valence-corrected chi connectivity index (χ0v) is 18.3. The summed E-state index contributed by atoms with van der Waals surface area (Å²) in [4.78, 5) is 51.4. The first-order valence-corrected chi connectivity index (χ1v) is 11.2. The number of carboxylic acids is 1. The number of benzene rings is 1. The number of carboxylic acid groups (broad SMARTS) is 1. The fraction of sp³-hybridized carbons (Fsp3) is 0.545. The SMILES string of the molecule is CC(=O)SC(C(=O)NC1Cc2ccccc2C2CCCC(C(=O)O)N2C1=O)C(C)C. The van der Waals surface area contributed by atoms with E-state index in [-0.39, 0.29) is 28.9 Å². The first-order chi connectivity index (χ1) is 14.2. The summed E-state index contributed by atoms with van der Waals surface area (Å²) in [5.41, 5.74) is 1.89. The Labute approximate surface area is 180 Å². The Morgan fingerprint density at radius 2 is 1.90 bits per heavy atom. The Hall–Kier alpha value is -2.35. The molecule has 0 spiro atoms. The average molecular weight is 433 g/mol. The quantitative estimate of drug-likeness (QED) is 0.741. The molecule has 0 aliphatic carbocycles. The molecule has 162 valence electrons. The van der Waals surface area contributed by atoms with Gasteiger partial charge >= 0.3 is 5.97 Å². The number of aliphatic carboxylic acids is 1. The van der Waals surface area contributed by atoms with Crippen LogP contribution in [0.3, 0.4) is 0 Å². The zero-order chi connectivity index (χ0) is 22.0. The molecule has 8 heteroatoms. The molecule has 3 rings (SSSR count). The molecule has 1 fully saturated rings. The van der Waals surface area contributed by atoms with Crippen LogP contribution in [0, 0.1) is 5.92 Å². The van der Waals surface area contributed by atoms with Crippen LogP contribution in [-0.4, -0.2) is 50.2 Å². The van der Waals surface area contributed by atoms with E-state index in [1.54, 1.807) is 0 Å². The molecule has 2 N–H and O–H groups in total. The maximum atomic E-state index is 13.5. The minimum atomic E-state index is -1.02. The van der Waals surface area contributed by atoms with Gasteiger partial charge in [-0.15, -0.1) is 0 Å². The Kier molecular flexibility index (Phi) is 6.85. The van der Waals surface area contributed by atoms with Crippen molar-refractivity contribution in [3.63, 3.8) is 0 Å². The summed E-state index contributed by atoms with van der Waals surface area (Å²) in [5, 5.41) is 11.8. The minimum Gasteiger partial charge on any atom is -0.480 e. The van der Waals surface area contributed by atoms with Gasteiger partial charge in [-0.25, -0.2) is 4.79 Å².